The summed E-state index contributed by atoms with van der Waals surface area (Å²) in [4.78, 5) is 0. The first-order valence-electron chi connectivity index (χ1n) is 6.66. The number of ether oxygens (including phenoxy) is 2. The highest BCUT2D eigenvalue weighted by Crippen LogP contribution is 2.36. The minimum atomic E-state index is 0.755. The van der Waals surface area contributed by atoms with Crippen LogP contribution in [0.15, 0.2) is 36.4 Å². The molecule has 0 aliphatic rings. The predicted octanol–water partition coefficient (Wildman–Crippen LogP) is 3.40. The molecular weight excluding hydrogens is 250 g/mol. The summed E-state index contributed by atoms with van der Waals surface area (Å²) in [6, 6.07) is 12.5. The van der Waals surface area contributed by atoms with Gasteiger partial charge in [-0.05, 0) is 48.4 Å². The van der Waals surface area contributed by atoms with Crippen molar-refractivity contribution < 1.29 is 9.47 Å². The fourth-order valence-electron chi connectivity index (χ4n) is 2.38. The molecule has 0 aliphatic carbocycles. The van der Waals surface area contributed by atoms with Gasteiger partial charge in [0.1, 0.15) is 0 Å². The largest absolute Gasteiger partial charge is 0.493 e. The number of hydrogen-bond acceptors (Lipinski definition) is 3. The third kappa shape index (κ3) is 2.78. The summed E-state index contributed by atoms with van der Waals surface area (Å²) in [5.74, 6) is 1.51. The smallest absolute Gasteiger partial charge is 0.161 e. The lowest BCUT2D eigenvalue weighted by Crippen LogP contribution is -2.07. The van der Waals surface area contributed by atoms with Crippen LogP contribution in [0.1, 0.15) is 11.1 Å². The summed E-state index contributed by atoms with van der Waals surface area (Å²) in [6.45, 7) is 2.90. The number of hydrogen-bond donors (Lipinski definition) is 1. The maximum absolute atomic E-state index is 5.43. The van der Waals surface area contributed by atoms with E-state index < -0.39 is 0 Å². The fraction of sp³-hybridized carbons (Fsp3) is 0.294. The van der Waals surface area contributed by atoms with Crippen LogP contribution >= 0.6 is 0 Å². The van der Waals surface area contributed by atoms with Gasteiger partial charge in [0.15, 0.2) is 11.5 Å². The number of nitrogens with one attached hydrogen (secondary N) is 1. The Morgan fingerprint density at radius 3 is 2.20 bits per heavy atom. The van der Waals surface area contributed by atoms with E-state index in [1.54, 1.807) is 14.2 Å². The third-order valence-corrected chi connectivity index (χ3v) is 3.41. The molecule has 2 aromatic carbocycles. The Balaban J connectivity index is 2.64. The minimum absolute atomic E-state index is 0.755. The second-order valence-corrected chi connectivity index (χ2v) is 4.71. The first kappa shape index (κ1) is 14.4. The van der Waals surface area contributed by atoms with E-state index in [4.69, 9.17) is 9.47 Å². The van der Waals surface area contributed by atoms with E-state index in [2.05, 4.69) is 36.5 Å². The van der Waals surface area contributed by atoms with Gasteiger partial charge in [0, 0.05) is 6.54 Å². The summed E-state index contributed by atoms with van der Waals surface area (Å²) in [7, 11) is 5.27. The lowest BCUT2D eigenvalue weighted by atomic mass is 9.95. The Bertz CT molecular complexity index is 594. The van der Waals surface area contributed by atoms with Gasteiger partial charge in [0.25, 0.3) is 0 Å². The van der Waals surface area contributed by atoms with Gasteiger partial charge >= 0.3 is 0 Å². The summed E-state index contributed by atoms with van der Waals surface area (Å²) in [5.41, 5.74) is 4.84. The van der Waals surface area contributed by atoms with E-state index in [0.29, 0.717) is 0 Å². The van der Waals surface area contributed by atoms with Crippen molar-refractivity contribution >= 4 is 0 Å². The molecule has 0 saturated heterocycles. The lowest BCUT2D eigenvalue weighted by molar-refractivity contribution is 0.354. The Kier molecular flexibility index (Phi) is 4.64. The average molecular weight is 271 g/mol. The van der Waals surface area contributed by atoms with Gasteiger partial charge in [-0.1, -0.05) is 24.3 Å². The molecule has 20 heavy (non-hydrogen) atoms. The van der Waals surface area contributed by atoms with Crippen LogP contribution in [0.3, 0.4) is 0 Å². The topological polar surface area (TPSA) is 30.5 Å². The quantitative estimate of drug-likeness (QED) is 0.904. The molecule has 0 saturated carbocycles. The van der Waals surface area contributed by atoms with E-state index in [0.717, 1.165) is 18.0 Å². The van der Waals surface area contributed by atoms with Gasteiger partial charge in [0.2, 0.25) is 0 Å². The van der Waals surface area contributed by atoms with Crippen LogP contribution in [0, 0.1) is 6.92 Å². The highest BCUT2D eigenvalue weighted by atomic mass is 16.5. The number of rotatable bonds is 5. The summed E-state index contributed by atoms with van der Waals surface area (Å²) in [5, 5.41) is 3.21. The maximum Gasteiger partial charge on any atom is 0.161 e. The molecule has 0 radical (unpaired) electrons. The molecule has 0 aromatic heterocycles. The third-order valence-electron chi connectivity index (χ3n) is 3.41. The molecule has 0 spiro atoms. The number of aryl methyl sites for hydroxylation is 1. The molecular formula is C17H21NO2. The summed E-state index contributed by atoms with van der Waals surface area (Å²) in [6.07, 6.45) is 0. The van der Waals surface area contributed by atoms with Gasteiger partial charge in [-0.15, -0.1) is 0 Å². The van der Waals surface area contributed by atoms with Crippen molar-refractivity contribution in [3.63, 3.8) is 0 Å². The Labute approximate surface area is 120 Å². The second kappa shape index (κ2) is 6.44. The van der Waals surface area contributed by atoms with Crippen LogP contribution in [0.4, 0.5) is 0 Å². The van der Waals surface area contributed by atoms with E-state index >= 15 is 0 Å². The highest BCUT2D eigenvalue weighted by Gasteiger charge is 2.13. The van der Waals surface area contributed by atoms with Crippen molar-refractivity contribution in [3.8, 4) is 22.6 Å². The summed E-state index contributed by atoms with van der Waals surface area (Å²) < 4.78 is 10.8. The van der Waals surface area contributed by atoms with Crippen molar-refractivity contribution in [2.45, 2.75) is 13.5 Å². The Morgan fingerprint density at radius 1 is 0.950 bits per heavy atom. The molecule has 2 rings (SSSR count). The van der Waals surface area contributed by atoms with Crippen LogP contribution in [0.2, 0.25) is 0 Å². The van der Waals surface area contributed by atoms with Crippen molar-refractivity contribution in [1.29, 1.82) is 0 Å². The van der Waals surface area contributed by atoms with Crippen molar-refractivity contribution in [3.05, 3.63) is 47.5 Å². The standard InChI is InChI=1S/C17H21NO2/c1-12-7-5-6-8-14(12)15-10-17(20-4)16(19-3)9-13(15)11-18-2/h5-10,18H,11H2,1-4H3. The molecule has 0 bridgehead atoms. The van der Waals surface area contributed by atoms with Crippen LogP contribution in [-0.4, -0.2) is 21.3 Å². The van der Waals surface area contributed by atoms with E-state index in [1.165, 1.54) is 22.3 Å². The summed E-state index contributed by atoms with van der Waals surface area (Å²) >= 11 is 0. The first-order valence-corrected chi connectivity index (χ1v) is 6.66. The van der Waals surface area contributed by atoms with Crippen molar-refractivity contribution in [2.24, 2.45) is 0 Å². The molecule has 1 N–H and O–H groups in total. The molecule has 0 atom stereocenters. The molecule has 3 heteroatoms. The van der Waals surface area contributed by atoms with Gasteiger partial charge in [-0.25, -0.2) is 0 Å². The average Bonchev–Trinajstić information content (AvgIpc) is 2.48. The van der Waals surface area contributed by atoms with Crippen LogP contribution in [-0.2, 0) is 6.54 Å². The fourth-order valence-corrected chi connectivity index (χ4v) is 2.38. The van der Waals surface area contributed by atoms with E-state index in [1.807, 2.05) is 19.2 Å². The SMILES string of the molecule is CNCc1cc(OC)c(OC)cc1-c1ccccc1C. The molecule has 0 unspecified atom stereocenters. The molecule has 0 aliphatic heterocycles. The zero-order valence-electron chi connectivity index (χ0n) is 12.5. The first-order chi connectivity index (χ1) is 9.71. The van der Waals surface area contributed by atoms with E-state index in [9.17, 15) is 0 Å². The van der Waals surface area contributed by atoms with Gasteiger partial charge < -0.3 is 14.8 Å². The maximum atomic E-state index is 5.43. The second-order valence-electron chi connectivity index (χ2n) is 4.71. The lowest BCUT2D eigenvalue weighted by Gasteiger charge is -2.16. The van der Waals surface area contributed by atoms with Crippen molar-refractivity contribution in [1.82, 2.24) is 5.32 Å². The Morgan fingerprint density at radius 2 is 1.60 bits per heavy atom. The molecule has 0 amide bonds. The predicted molar refractivity (Wildman–Crippen MR) is 82.5 cm³/mol. The number of benzene rings is 2. The molecule has 0 fully saturated rings. The number of methoxy groups -OCH3 is 2. The van der Waals surface area contributed by atoms with Gasteiger partial charge in [-0.2, -0.15) is 0 Å². The molecule has 2 aromatic rings. The normalized spacial score (nSPS) is 10.4. The van der Waals surface area contributed by atoms with Gasteiger partial charge in [0.05, 0.1) is 14.2 Å². The minimum Gasteiger partial charge on any atom is -0.493 e. The molecule has 0 heterocycles. The van der Waals surface area contributed by atoms with Crippen molar-refractivity contribution in [2.75, 3.05) is 21.3 Å². The monoisotopic (exact) mass is 271 g/mol. The molecule has 106 valence electrons. The van der Waals surface area contributed by atoms with E-state index in [-0.39, 0.29) is 0 Å². The van der Waals surface area contributed by atoms with Crippen LogP contribution in [0.25, 0.3) is 11.1 Å². The van der Waals surface area contributed by atoms with Gasteiger partial charge in [-0.3, -0.25) is 0 Å². The Hall–Kier alpha value is -2.00. The van der Waals surface area contributed by atoms with Crippen LogP contribution in [0.5, 0.6) is 11.5 Å². The highest BCUT2D eigenvalue weighted by molar-refractivity contribution is 5.73. The van der Waals surface area contributed by atoms with Crippen LogP contribution < -0.4 is 14.8 Å². The molecule has 3 nitrogen and oxygen atoms in total. The zero-order chi connectivity index (χ0) is 14.5. The zero-order valence-corrected chi connectivity index (χ0v) is 12.5.